The lowest BCUT2D eigenvalue weighted by Gasteiger charge is -2.29. The minimum atomic E-state index is -0.323. The van der Waals surface area contributed by atoms with Crippen LogP contribution < -0.4 is 0 Å². The SMILES string of the molecule is CCCCC/C=C\C/C=C\CCCCCCCC[C@@]1(CCCCCCCC/C=C\CCCCCCCC)OC[C@@H](CN(C)C)O1. The van der Waals surface area contributed by atoms with Crippen molar-refractivity contribution < 1.29 is 9.47 Å². The molecule has 0 unspecified atom stereocenters. The third kappa shape index (κ3) is 26.8. The molecule has 0 aromatic heterocycles. The number of likely N-dealkylation sites (N-methyl/N-ethyl adjacent to an activating group) is 1. The molecule has 0 saturated carbocycles. The Labute approximate surface area is 283 Å². The highest BCUT2D eigenvalue weighted by Gasteiger charge is 2.40. The maximum Gasteiger partial charge on any atom is 0.168 e. The summed E-state index contributed by atoms with van der Waals surface area (Å²) in [5.74, 6) is -0.323. The largest absolute Gasteiger partial charge is 0.347 e. The fraction of sp³-hybridized carbons (Fsp3) is 0.857. The van der Waals surface area contributed by atoms with E-state index in [9.17, 15) is 0 Å². The molecule has 1 aliphatic heterocycles. The van der Waals surface area contributed by atoms with E-state index < -0.39 is 0 Å². The van der Waals surface area contributed by atoms with E-state index in [1.165, 1.54) is 161 Å². The topological polar surface area (TPSA) is 21.7 Å². The third-order valence-corrected chi connectivity index (χ3v) is 9.31. The van der Waals surface area contributed by atoms with Crippen molar-refractivity contribution in [3.8, 4) is 0 Å². The smallest absolute Gasteiger partial charge is 0.168 e. The van der Waals surface area contributed by atoms with Gasteiger partial charge in [-0.2, -0.15) is 0 Å². The minimum absolute atomic E-state index is 0.221. The quantitative estimate of drug-likeness (QED) is 0.0532. The molecule has 0 aliphatic carbocycles. The number of hydrogen-bond donors (Lipinski definition) is 0. The maximum absolute atomic E-state index is 6.62. The van der Waals surface area contributed by atoms with Crippen LogP contribution in [0.5, 0.6) is 0 Å². The second-order valence-corrected chi connectivity index (χ2v) is 14.2. The predicted molar refractivity (Wildman–Crippen MR) is 200 cm³/mol. The van der Waals surface area contributed by atoms with Crippen LogP contribution in [0.2, 0.25) is 0 Å². The predicted octanol–water partition coefficient (Wildman–Crippen LogP) is 13.3. The summed E-state index contributed by atoms with van der Waals surface area (Å²) in [5.41, 5.74) is 0. The highest BCUT2D eigenvalue weighted by atomic mass is 16.7. The van der Waals surface area contributed by atoms with Crippen molar-refractivity contribution in [1.29, 1.82) is 0 Å². The zero-order chi connectivity index (χ0) is 32.5. The monoisotopic (exact) mass is 630 g/mol. The Morgan fingerprint density at radius 1 is 0.511 bits per heavy atom. The van der Waals surface area contributed by atoms with E-state index in [1.54, 1.807) is 0 Å². The van der Waals surface area contributed by atoms with Crippen LogP contribution in [0.3, 0.4) is 0 Å². The van der Waals surface area contributed by atoms with Crippen LogP contribution in [0, 0.1) is 0 Å². The van der Waals surface area contributed by atoms with Gasteiger partial charge in [0.2, 0.25) is 0 Å². The summed E-state index contributed by atoms with van der Waals surface area (Å²) in [6.07, 6.45) is 51.1. The summed E-state index contributed by atoms with van der Waals surface area (Å²) in [6, 6.07) is 0. The fourth-order valence-electron chi connectivity index (χ4n) is 6.53. The van der Waals surface area contributed by atoms with Crippen molar-refractivity contribution >= 4 is 0 Å². The number of ether oxygens (including phenoxy) is 2. The van der Waals surface area contributed by atoms with Crippen molar-refractivity contribution in [2.45, 2.75) is 206 Å². The molecule has 1 aliphatic rings. The molecule has 3 nitrogen and oxygen atoms in total. The van der Waals surface area contributed by atoms with Crippen LogP contribution in [0.25, 0.3) is 0 Å². The van der Waals surface area contributed by atoms with Crippen molar-refractivity contribution in [3.63, 3.8) is 0 Å². The first kappa shape index (κ1) is 42.1. The van der Waals surface area contributed by atoms with Gasteiger partial charge in [-0.15, -0.1) is 0 Å². The number of nitrogens with zero attached hydrogens (tertiary/aromatic N) is 1. The van der Waals surface area contributed by atoms with Crippen molar-refractivity contribution in [2.24, 2.45) is 0 Å². The van der Waals surface area contributed by atoms with E-state index in [0.29, 0.717) is 0 Å². The molecule has 1 fully saturated rings. The molecule has 1 saturated heterocycles. The molecule has 0 aromatic carbocycles. The van der Waals surface area contributed by atoms with E-state index in [0.717, 1.165) is 32.4 Å². The molecule has 0 bridgehead atoms. The maximum atomic E-state index is 6.62. The van der Waals surface area contributed by atoms with Crippen LogP contribution >= 0.6 is 0 Å². The lowest BCUT2D eigenvalue weighted by atomic mass is 9.98. The van der Waals surface area contributed by atoms with Crippen LogP contribution in [-0.2, 0) is 9.47 Å². The van der Waals surface area contributed by atoms with E-state index >= 15 is 0 Å². The Bertz CT molecular complexity index is 699. The van der Waals surface area contributed by atoms with Gasteiger partial charge in [-0.25, -0.2) is 0 Å². The van der Waals surface area contributed by atoms with Gasteiger partial charge in [0.05, 0.1) is 12.7 Å². The first-order chi connectivity index (χ1) is 22.1. The summed E-state index contributed by atoms with van der Waals surface area (Å²) in [6.45, 7) is 6.28. The van der Waals surface area contributed by atoms with Crippen LogP contribution in [-0.4, -0.2) is 44.0 Å². The van der Waals surface area contributed by atoms with Gasteiger partial charge < -0.3 is 14.4 Å². The highest BCUT2D eigenvalue weighted by molar-refractivity contribution is 4.92. The van der Waals surface area contributed by atoms with Gasteiger partial charge in [-0.3, -0.25) is 0 Å². The number of rotatable bonds is 33. The average molecular weight is 630 g/mol. The van der Waals surface area contributed by atoms with Crippen molar-refractivity contribution in [2.75, 3.05) is 27.2 Å². The fourth-order valence-corrected chi connectivity index (χ4v) is 6.53. The molecule has 0 aromatic rings. The summed E-state index contributed by atoms with van der Waals surface area (Å²) in [7, 11) is 4.27. The molecule has 3 heteroatoms. The number of unbranched alkanes of at least 4 members (excludes halogenated alkanes) is 21. The summed E-state index contributed by atoms with van der Waals surface area (Å²) >= 11 is 0. The van der Waals surface area contributed by atoms with Gasteiger partial charge in [0.25, 0.3) is 0 Å². The molecule has 264 valence electrons. The molecule has 0 spiro atoms. The van der Waals surface area contributed by atoms with Gasteiger partial charge >= 0.3 is 0 Å². The molecule has 0 N–H and O–H groups in total. The summed E-state index contributed by atoms with van der Waals surface area (Å²) in [5, 5.41) is 0. The van der Waals surface area contributed by atoms with Crippen LogP contribution in [0.1, 0.15) is 194 Å². The average Bonchev–Trinajstić information content (AvgIpc) is 3.42. The molecular weight excluding hydrogens is 550 g/mol. The molecule has 1 heterocycles. The first-order valence-electron chi connectivity index (χ1n) is 20.0. The Morgan fingerprint density at radius 3 is 1.36 bits per heavy atom. The van der Waals surface area contributed by atoms with Crippen LogP contribution in [0.15, 0.2) is 36.5 Å². The Kier molecular flexibility index (Phi) is 29.7. The second-order valence-electron chi connectivity index (χ2n) is 14.2. The zero-order valence-corrected chi connectivity index (χ0v) is 31.0. The molecule has 2 atom stereocenters. The Balaban J connectivity index is 2.11. The number of hydrogen-bond acceptors (Lipinski definition) is 3. The second kappa shape index (κ2) is 31.7. The van der Waals surface area contributed by atoms with Gasteiger partial charge in [0.1, 0.15) is 0 Å². The Morgan fingerprint density at radius 2 is 0.889 bits per heavy atom. The van der Waals surface area contributed by atoms with E-state index in [4.69, 9.17) is 9.47 Å². The minimum Gasteiger partial charge on any atom is -0.347 e. The van der Waals surface area contributed by atoms with Gasteiger partial charge in [-0.1, -0.05) is 147 Å². The molecule has 0 radical (unpaired) electrons. The lowest BCUT2D eigenvalue weighted by molar-refractivity contribution is -0.180. The van der Waals surface area contributed by atoms with Crippen LogP contribution in [0.4, 0.5) is 0 Å². The zero-order valence-electron chi connectivity index (χ0n) is 31.0. The van der Waals surface area contributed by atoms with Crippen molar-refractivity contribution in [3.05, 3.63) is 36.5 Å². The van der Waals surface area contributed by atoms with Gasteiger partial charge in [0, 0.05) is 19.4 Å². The van der Waals surface area contributed by atoms with Gasteiger partial charge in [-0.05, 0) is 84.7 Å². The standard InChI is InChI=1S/C42H79NO2/c1-5-7-9-11-13-15-17-19-21-23-25-27-29-31-33-35-37-42(44-40-41(45-42)39-43(3)4)38-36-34-32-30-28-26-24-22-20-18-16-14-12-10-8-6-2/h13,15,19-22,41H,5-12,14,16-18,23-40H2,1-4H3/b15-13-,21-19-,22-20-/t41-,42-/m1/s1. The highest BCUT2D eigenvalue weighted by Crippen LogP contribution is 2.35. The molecule has 0 amide bonds. The summed E-state index contributed by atoms with van der Waals surface area (Å²) in [4.78, 5) is 2.23. The number of allylic oxidation sites excluding steroid dienone is 6. The van der Waals surface area contributed by atoms with E-state index in [2.05, 4.69) is 69.3 Å². The summed E-state index contributed by atoms with van der Waals surface area (Å²) < 4.78 is 13.1. The molecule has 1 rings (SSSR count). The first-order valence-corrected chi connectivity index (χ1v) is 20.0. The Hall–Kier alpha value is -0.900. The normalized spacial score (nSPS) is 19.0. The molecular formula is C42H79NO2. The molecule has 45 heavy (non-hydrogen) atoms. The van der Waals surface area contributed by atoms with Crippen molar-refractivity contribution in [1.82, 2.24) is 4.90 Å². The van der Waals surface area contributed by atoms with E-state index in [1.807, 2.05) is 0 Å². The lowest BCUT2D eigenvalue weighted by Crippen LogP contribution is -2.33. The third-order valence-electron chi connectivity index (χ3n) is 9.31. The van der Waals surface area contributed by atoms with E-state index in [-0.39, 0.29) is 11.9 Å². The van der Waals surface area contributed by atoms with Gasteiger partial charge in [0.15, 0.2) is 5.79 Å².